The Bertz CT molecular complexity index is 2880. The molecule has 0 saturated carbocycles. The lowest BCUT2D eigenvalue weighted by Gasteiger charge is -2.31. The van der Waals surface area contributed by atoms with Crippen molar-refractivity contribution in [2.75, 3.05) is 4.90 Å². The van der Waals surface area contributed by atoms with E-state index in [4.69, 9.17) is 0 Å². The Kier molecular flexibility index (Phi) is 8.23. The van der Waals surface area contributed by atoms with Crippen molar-refractivity contribution in [2.45, 2.75) is 19.3 Å². The molecule has 0 saturated heterocycles. The van der Waals surface area contributed by atoms with E-state index in [1.54, 1.807) is 0 Å². The topological polar surface area (TPSA) is 3.24 Å². The Morgan fingerprint density at radius 3 is 1.68 bits per heavy atom. The monoisotopic (exact) mass is 715 g/mol. The third-order valence-corrected chi connectivity index (χ3v) is 11.7. The molecule has 1 aliphatic rings. The molecule has 0 N–H and O–H groups in total. The Balaban J connectivity index is 1.27. The van der Waals surface area contributed by atoms with E-state index in [1.165, 1.54) is 77.5 Å². The molecule has 0 spiro atoms. The number of fused-ring (bicyclic) bond motifs is 4. The molecule has 9 aromatic rings. The normalized spacial score (nSPS) is 12.6. The number of rotatable bonds is 7. The van der Waals surface area contributed by atoms with Gasteiger partial charge in [-0.1, -0.05) is 196 Å². The molecule has 0 aliphatic heterocycles. The Hall–Kier alpha value is -6.96. The van der Waals surface area contributed by atoms with Gasteiger partial charge in [0.05, 0.1) is 5.69 Å². The second kappa shape index (κ2) is 13.7. The minimum atomic E-state index is -0.0867. The van der Waals surface area contributed by atoms with E-state index in [-0.39, 0.29) is 5.41 Å². The fourth-order valence-electron chi connectivity index (χ4n) is 9.00. The van der Waals surface area contributed by atoms with E-state index >= 15 is 0 Å². The number of hydrogen-bond donors (Lipinski definition) is 0. The summed E-state index contributed by atoms with van der Waals surface area (Å²) in [5, 5.41) is 2.49. The van der Waals surface area contributed by atoms with Crippen molar-refractivity contribution in [1.29, 1.82) is 0 Å². The lowest BCUT2D eigenvalue weighted by Crippen LogP contribution is -2.15. The van der Waals surface area contributed by atoms with Crippen LogP contribution in [0.1, 0.15) is 25.0 Å². The van der Waals surface area contributed by atoms with Crippen LogP contribution in [0.3, 0.4) is 0 Å². The van der Waals surface area contributed by atoms with Gasteiger partial charge >= 0.3 is 0 Å². The predicted molar refractivity (Wildman–Crippen MR) is 238 cm³/mol. The number of benzene rings is 9. The maximum absolute atomic E-state index is 2.49. The van der Waals surface area contributed by atoms with E-state index in [0.717, 1.165) is 17.1 Å². The van der Waals surface area contributed by atoms with Crippen LogP contribution in [0.5, 0.6) is 0 Å². The summed E-state index contributed by atoms with van der Waals surface area (Å²) in [5.74, 6) is 0. The van der Waals surface area contributed by atoms with Crippen LogP contribution in [0, 0.1) is 0 Å². The van der Waals surface area contributed by atoms with E-state index < -0.39 is 0 Å². The molecule has 0 radical (unpaired) electrons. The first kappa shape index (κ1) is 33.6. The molecule has 0 fully saturated rings. The smallest absolute Gasteiger partial charge is 0.0546 e. The zero-order valence-corrected chi connectivity index (χ0v) is 31.7. The second-order valence-corrected chi connectivity index (χ2v) is 15.3. The molecule has 0 atom stereocenters. The average Bonchev–Trinajstić information content (AvgIpc) is 3.49. The summed E-state index contributed by atoms with van der Waals surface area (Å²) >= 11 is 0. The van der Waals surface area contributed by atoms with Crippen molar-refractivity contribution in [3.63, 3.8) is 0 Å². The molecule has 1 aliphatic carbocycles. The van der Waals surface area contributed by atoms with Gasteiger partial charge in [0.25, 0.3) is 0 Å². The van der Waals surface area contributed by atoms with Gasteiger partial charge < -0.3 is 4.90 Å². The van der Waals surface area contributed by atoms with Gasteiger partial charge in [0.15, 0.2) is 0 Å². The highest BCUT2D eigenvalue weighted by Gasteiger charge is 2.36. The Morgan fingerprint density at radius 1 is 0.339 bits per heavy atom. The zero-order chi connectivity index (χ0) is 37.6. The fourth-order valence-corrected chi connectivity index (χ4v) is 9.00. The van der Waals surface area contributed by atoms with E-state index in [0.29, 0.717) is 0 Å². The summed E-state index contributed by atoms with van der Waals surface area (Å²) in [6.45, 7) is 4.70. The average molecular weight is 716 g/mol. The van der Waals surface area contributed by atoms with Crippen molar-refractivity contribution in [3.05, 3.63) is 223 Å². The van der Waals surface area contributed by atoms with Crippen LogP contribution in [0.2, 0.25) is 0 Å². The van der Waals surface area contributed by atoms with Crippen LogP contribution in [0.4, 0.5) is 17.1 Å². The largest absolute Gasteiger partial charge is 0.310 e. The molecule has 10 rings (SSSR count). The molecule has 266 valence electrons. The molecule has 1 heteroatoms. The van der Waals surface area contributed by atoms with E-state index in [1.807, 2.05) is 0 Å². The highest BCUT2D eigenvalue weighted by molar-refractivity contribution is 6.02. The van der Waals surface area contributed by atoms with Gasteiger partial charge in [0, 0.05) is 22.4 Å². The van der Waals surface area contributed by atoms with E-state index in [9.17, 15) is 0 Å². The number of anilines is 3. The van der Waals surface area contributed by atoms with Gasteiger partial charge in [0.1, 0.15) is 0 Å². The van der Waals surface area contributed by atoms with Crippen LogP contribution < -0.4 is 4.90 Å². The van der Waals surface area contributed by atoms with Crippen molar-refractivity contribution in [3.8, 4) is 55.6 Å². The van der Waals surface area contributed by atoms with Gasteiger partial charge in [-0.25, -0.2) is 0 Å². The van der Waals surface area contributed by atoms with Gasteiger partial charge in [-0.3, -0.25) is 0 Å². The maximum atomic E-state index is 2.49. The first-order chi connectivity index (χ1) is 27.6. The first-order valence-corrected chi connectivity index (χ1v) is 19.5. The van der Waals surface area contributed by atoms with Crippen molar-refractivity contribution >= 4 is 27.8 Å². The zero-order valence-electron chi connectivity index (χ0n) is 31.7. The molecule has 0 aromatic heterocycles. The Labute approximate surface area is 329 Å². The van der Waals surface area contributed by atoms with Crippen LogP contribution in [0.25, 0.3) is 66.4 Å². The lowest BCUT2D eigenvalue weighted by atomic mass is 9.82. The summed E-state index contributed by atoms with van der Waals surface area (Å²) in [5.41, 5.74) is 18.2. The highest BCUT2D eigenvalue weighted by atomic mass is 15.1. The molecular formula is C55H41N. The van der Waals surface area contributed by atoms with Gasteiger partial charge in [-0.05, 0) is 102 Å². The highest BCUT2D eigenvalue weighted by Crippen LogP contribution is 2.53. The van der Waals surface area contributed by atoms with Crippen LogP contribution in [0.15, 0.2) is 212 Å². The summed E-state index contributed by atoms with van der Waals surface area (Å²) in [4.78, 5) is 2.49. The van der Waals surface area contributed by atoms with E-state index in [2.05, 4.69) is 231 Å². The van der Waals surface area contributed by atoms with Gasteiger partial charge in [-0.15, -0.1) is 0 Å². The number of hydrogen-bond acceptors (Lipinski definition) is 1. The van der Waals surface area contributed by atoms with Crippen molar-refractivity contribution < 1.29 is 0 Å². The molecule has 56 heavy (non-hydrogen) atoms. The summed E-state index contributed by atoms with van der Waals surface area (Å²) < 4.78 is 0. The minimum absolute atomic E-state index is 0.0867. The number of nitrogens with zero attached hydrogens (tertiary/aromatic N) is 1. The van der Waals surface area contributed by atoms with Crippen LogP contribution in [-0.4, -0.2) is 0 Å². The molecule has 0 heterocycles. The predicted octanol–water partition coefficient (Wildman–Crippen LogP) is 15.3. The third-order valence-electron chi connectivity index (χ3n) is 11.7. The quantitative estimate of drug-likeness (QED) is 0.159. The molecular weight excluding hydrogens is 675 g/mol. The third kappa shape index (κ3) is 5.63. The summed E-state index contributed by atoms with van der Waals surface area (Å²) in [7, 11) is 0. The van der Waals surface area contributed by atoms with Crippen molar-refractivity contribution in [1.82, 2.24) is 0 Å². The standard InChI is InChI=1S/C55H41N/c1-55(2)51-32-14-13-28-48(51)50-37-43(34-35-52(50)55)56(42-25-15-24-41(36-42)46-30-16-23-39-22-9-10-26-44(39)46)53-33-17-31-47(40-20-7-4-8-21-40)54(53)49-29-12-11-27-45(49)38-18-5-3-6-19-38/h3-37H,1-2H3. The fraction of sp³-hybridized carbons (Fsp3) is 0.0545. The van der Waals surface area contributed by atoms with Crippen molar-refractivity contribution in [2.24, 2.45) is 0 Å². The van der Waals surface area contributed by atoms with Gasteiger partial charge in [0.2, 0.25) is 0 Å². The second-order valence-electron chi connectivity index (χ2n) is 15.3. The molecule has 9 aromatic carbocycles. The molecule has 0 unspecified atom stereocenters. The molecule has 0 bridgehead atoms. The maximum Gasteiger partial charge on any atom is 0.0546 e. The summed E-state index contributed by atoms with van der Waals surface area (Å²) in [6.07, 6.45) is 0. The minimum Gasteiger partial charge on any atom is -0.310 e. The first-order valence-electron chi connectivity index (χ1n) is 19.5. The van der Waals surface area contributed by atoms with Crippen LogP contribution >= 0.6 is 0 Å². The van der Waals surface area contributed by atoms with Gasteiger partial charge in [-0.2, -0.15) is 0 Å². The Morgan fingerprint density at radius 2 is 0.875 bits per heavy atom. The SMILES string of the molecule is CC1(C)c2ccccc2-c2cc(N(c3cccc(-c4cccc5ccccc45)c3)c3cccc(-c4ccccc4)c3-c3ccccc3-c3ccccc3)ccc21. The lowest BCUT2D eigenvalue weighted by molar-refractivity contribution is 0.660. The molecule has 1 nitrogen and oxygen atoms in total. The molecule has 0 amide bonds. The van der Waals surface area contributed by atoms with Crippen LogP contribution in [-0.2, 0) is 5.41 Å². The summed E-state index contributed by atoms with van der Waals surface area (Å²) in [6, 6.07) is 77.7.